The van der Waals surface area contributed by atoms with Gasteiger partial charge in [-0.3, -0.25) is 0 Å². The van der Waals surface area contributed by atoms with Gasteiger partial charge in [-0.15, -0.1) is 0 Å². The molecule has 3 aromatic rings. The molecular weight excluding hydrogens is 358 g/mol. The van der Waals surface area contributed by atoms with Crippen molar-refractivity contribution in [2.24, 2.45) is 0 Å². The summed E-state index contributed by atoms with van der Waals surface area (Å²) < 4.78 is 5.48. The van der Waals surface area contributed by atoms with Crippen molar-refractivity contribution in [1.29, 1.82) is 0 Å². The van der Waals surface area contributed by atoms with Gasteiger partial charge in [-0.25, -0.2) is 4.98 Å². The van der Waals surface area contributed by atoms with Gasteiger partial charge < -0.3 is 14.5 Å². The smallest absolute Gasteiger partial charge is 0.137 e. The van der Waals surface area contributed by atoms with Crippen LogP contribution in [0.15, 0.2) is 60.7 Å². The zero-order valence-corrected chi connectivity index (χ0v) is 17.3. The third-order valence-electron chi connectivity index (χ3n) is 5.63. The van der Waals surface area contributed by atoms with Crippen LogP contribution in [0.2, 0.25) is 0 Å². The zero-order valence-electron chi connectivity index (χ0n) is 17.3. The quantitative estimate of drug-likeness (QED) is 0.620. The van der Waals surface area contributed by atoms with E-state index >= 15 is 0 Å². The van der Waals surface area contributed by atoms with Crippen LogP contribution in [-0.2, 0) is 4.74 Å². The van der Waals surface area contributed by atoms with Crippen molar-refractivity contribution in [3.63, 3.8) is 0 Å². The Hall–Kier alpha value is -2.69. The van der Waals surface area contributed by atoms with Crippen molar-refractivity contribution in [1.82, 2.24) is 9.88 Å². The molecule has 2 heterocycles. The number of ether oxygens (including phenoxy) is 1. The van der Waals surface area contributed by atoms with Crippen molar-refractivity contribution in [3.05, 3.63) is 71.9 Å². The Morgan fingerprint density at radius 3 is 2.45 bits per heavy atom. The lowest BCUT2D eigenvalue weighted by molar-refractivity contribution is 0.240. The molecule has 150 valence electrons. The fourth-order valence-corrected chi connectivity index (χ4v) is 3.99. The Labute approximate surface area is 173 Å². The maximum absolute atomic E-state index is 5.48. The summed E-state index contributed by atoms with van der Waals surface area (Å²) in [5, 5.41) is 2.45. The number of hydrogen-bond donors (Lipinski definition) is 0. The zero-order chi connectivity index (χ0) is 20.1. The minimum absolute atomic E-state index is 0.559. The van der Waals surface area contributed by atoms with E-state index in [0.29, 0.717) is 6.61 Å². The fraction of sp³-hybridized carbons (Fsp3) is 0.320. The van der Waals surface area contributed by atoms with Gasteiger partial charge in [0.1, 0.15) is 5.82 Å². The van der Waals surface area contributed by atoms with Crippen LogP contribution in [0.25, 0.3) is 22.4 Å². The normalized spacial score (nSPS) is 15.8. The Morgan fingerprint density at radius 2 is 1.72 bits per heavy atom. The predicted molar refractivity (Wildman–Crippen MR) is 122 cm³/mol. The molecule has 1 saturated heterocycles. The number of pyridine rings is 1. The van der Waals surface area contributed by atoms with E-state index in [1.165, 1.54) is 16.3 Å². The SMILES string of the molecule is CCN1CCN(c2nc(/C=C(/COC)c3ccccc3)cc3ccccc23)CC1. The lowest BCUT2D eigenvalue weighted by atomic mass is 10.0. The van der Waals surface area contributed by atoms with Crippen LogP contribution in [0.4, 0.5) is 5.82 Å². The third kappa shape index (κ3) is 4.50. The molecule has 1 aliphatic rings. The van der Waals surface area contributed by atoms with Gasteiger partial charge in [-0.1, -0.05) is 61.5 Å². The molecule has 1 aromatic heterocycles. The second kappa shape index (κ2) is 9.21. The van der Waals surface area contributed by atoms with E-state index in [0.717, 1.165) is 49.8 Å². The summed E-state index contributed by atoms with van der Waals surface area (Å²) in [6.45, 7) is 8.11. The topological polar surface area (TPSA) is 28.6 Å². The minimum Gasteiger partial charge on any atom is -0.380 e. The number of anilines is 1. The number of piperazine rings is 1. The Morgan fingerprint density at radius 1 is 1.00 bits per heavy atom. The summed E-state index contributed by atoms with van der Waals surface area (Å²) in [6, 6.07) is 21.1. The van der Waals surface area contributed by atoms with Gasteiger partial charge >= 0.3 is 0 Å². The number of benzene rings is 2. The fourth-order valence-electron chi connectivity index (χ4n) is 3.99. The Bertz CT molecular complexity index is 976. The number of rotatable bonds is 6. The molecule has 0 amide bonds. The first-order chi connectivity index (χ1) is 14.3. The van der Waals surface area contributed by atoms with Crippen LogP contribution in [-0.4, -0.2) is 56.3 Å². The third-order valence-corrected chi connectivity index (χ3v) is 5.63. The highest BCUT2D eigenvalue weighted by Crippen LogP contribution is 2.28. The van der Waals surface area contributed by atoms with Crippen LogP contribution < -0.4 is 4.90 Å². The number of hydrogen-bond acceptors (Lipinski definition) is 4. The second-order valence-corrected chi connectivity index (χ2v) is 7.48. The number of nitrogens with zero attached hydrogens (tertiary/aromatic N) is 3. The van der Waals surface area contributed by atoms with Crippen molar-refractivity contribution in [3.8, 4) is 0 Å². The van der Waals surface area contributed by atoms with E-state index in [1.807, 2.05) is 6.07 Å². The Balaban J connectivity index is 1.75. The standard InChI is InChI=1S/C25H29N3O/c1-3-27-13-15-28(16-14-27)25-24-12-8-7-11-21(24)17-23(26-25)18-22(19-29-2)20-9-5-4-6-10-20/h4-12,17-18H,3,13-16,19H2,1-2H3/b22-18-. The van der Waals surface area contributed by atoms with Gasteiger partial charge in [0.25, 0.3) is 0 Å². The molecule has 29 heavy (non-hydrogen) atoms. The highest BCUT2D eigenvalue weighted by atomic mass is 16.5. The van der Waals surface area contributed by atoms with Gasteiger partial charge in [-0.2, -0.15) is 0 Å². The summed E-state index contributed by atoms with van der Waals surface area (Å²) in [5.41, 5.74) is 3.28. The van der Waals surface area contributed by atoms with Gasteiger partial charge in [0.2, 0.25) is 0 Å². The second-order valence-electron chi connectivity index (χ2n) is 7.48. The molecule has 0 atom stereocenters. The lowest BCUT2D eigenvalue weighted by Crippen LogP contribution is -2.46. The summed E-state index contributed by atoms with van der Waals surface area (Å²) >= 11 is 0. The van der Waals surface area contributed by atoms with Crippen LogP contribution in [0.5, 0.6) is 0 Å². The number of likely N-dealkylation sites (N-methyl/N-ethyl adjacent to an activating group) is 1. The summed E-state index contributed by atoms with van der Waals surface area (Å²) in [5.74, 6) is 1.09. The molecule has 0 N–H and O–H groups in total. The number of aromatic nitrogens is 1. The van der Waals surface area contributed by atoms with Crippen LogP contribution in [0.3, 0.4) is 0 Å². The summed E-state index contributed by atoms with van der Waals surface area (Å²) in [7, 11) is 1.74. The molecule has 1 aliphatic heterocycles. The average molecular weight is 388 g/mol. The first-order valence-electron chi connectivity index (χ1n) is 10.4. The molecule has 0 bridgehead atoms. The average Bonchev–Trinajstić information content (AvgIpc) is 2.79. The minimum atomic E-state index is 0.559. The first-order valence-corrected chi connectivity index (χ1v) is 10.4. The molecule has 0 saturated carbocycles. The Kier molecular flexibility index (Phi) is 6.23. The molecular formula is C25H29N3O. The van der Waals surface area contributed by atoms with Crippen molar-refractivity contribution >= 4 is 28.2 Å². The van der Waals surface area contributed by atoms with Gasteiger partial charge in [0.15, 0.2) is 0 Å². The maximum Gasteiger partial charge on any atom is 0.137 e. The van der Waals surface area contributed by atoms with Crippen molar-refractivity contribution < 1.29 is 4.74 Å². The lowest BCUT2D eigenvalue weighted by Gasteiger charge is -2.35. The van der Waals surface area contributed by atoms with Crippen LogP contribution in [0.1, 0.15) is 18.2 Å². The molecule has 4 heteroatoms. The van der Waals surface area contributed by atoms with Gasteiger partial charge in [0.05, 0.1) is 12.3 Å². The van der Waals surface area contributed by atoms with E-state index in [2.05, 4.69) is 77.4 Å². The largest absolute Gasteiger partial charge is 0.380 e. The highest BCUT2D eigenvalue weighted by Gasteiger charge is 2.19. The number of fused-ring (bicyclic) bond motifs is 1. The first kappa shape index (κ1) is 19.6. The van der Waals surface area contributed by atoms with E-state index < -0.39 is 0 Å². The van der Waals surface area contributed by atoms with Crippen LogP contribution in [0, 0.1) is 0 Å². The monoisotopic (exact) mass is 387 g/mol. The molecule has 0 unspecified atom stereocenters. The predicted octanol–water partition coefficient (Wildman–Crippen LogP) is 4.56. The summed E-state index contributed by atoms with van der Waals surface area (Å²) in [6.07, 6.45) is 2.16. The van der Waals surface area contributed by atoms with Crippen LogP contribution >= 0.6 is 0 Å². The molecule has 1 fully saturated rings. The van der Waals surface area contributed by atoms with Gasteiger partial charge in [0, 0.05) is 38.7 Å². The highest BCUT2D eigenvalue weighted by molar-refractivity contribution is 5.95. The van der Waals surface area contributed by atoms with E-state index in [9.17, 15) is 0 Å². The van der Waals surface area contributed by atoms with E-state index in [4.69, 9.17) is 9.72 Å². The van der Waals surface area contributed by atoms with Crippen molar-refractivity contribution in [2.45, 2.75) is 6.92 Å². The summed E-state index contributed by atoms with van der Waals surface area (Å²) in [4.78, 5) is 10.0. The number of methoxy groups -OCH3 is 1. The molecule has 4 nitrogen and oxygen atoms in total. The van der Waals surface area contributed by atoms with Gasteiger partial charge in [-0.05, 0) is 35.2 Å². The molecule has 0 spiro atoms. The molecule has 2 aromatic carbocycles. The van der Waals surface area contributed by atoms with E-state index in [1.54, 1.807) is 7.11 Å². The molecule has 0 aliphatic carbocycles. The van der Waals surface area contributed by atoms with E-state index in [-0.39, 0.29) is 0 Å². The molecule has 0 radical (unpaired) electrons. The molecule has 4 rings (SSSR count). The van der Waals surface area contributed by atoms with Crippen molar-refractivity contribution in [2.75, 3.05) is 51.3 Å². The maximum atomic E-state index is 5.48.